The van der Waals surface area contributed by atoms with Crippen LogP contribution >= 0.6 is 11.6 Å². The van der Waals surface area contributed by atoms with Crippen LogP contribution in [-0.2, 0) is 14.8 Å². The second-order valence-corrected chi connectivity index (χ2v) is 9.23. The molecule has 1 N–H and O–H groups in total. The van der Waals surface area contributed by atoms with Crippen LogP contribution in [-0.4, -0.2) is 38.3 Å². The molecule has 0 bridgehead atoms. The maximum Gasteiger partial charge on any atom is 0.243 e. The quantitative estimate of drug-likeness (QED) is 0.512. The molecule has 0 saturated heterocycles. The van der Waals surface area contributed by atoms with E-state index in [1.54, 1.807) is 48.5 Å². The van der Waals surface area contributed by atoms with Crippen molar-refractivity contribution in [2.75, 3.05) is 19.7 Å². The molecule has 0 aromatic heterocycles. The Bertz CT molecular complexity index is 911. The number of halogens is 1. The smallest absolute Gasteiger partial charge is 0.243 e. The van der Waals surface area contributed by atoms with Gasteiger partial charge in [0.05, 0.1) is 17.5 Å². The van der Waals surface area contributed by atoms with Gasteiger partial charge in [-0.3, -0.25) is 4.79 Å². The van der Waals surface area contributed by atoms with E-state index in [0.717, 1.165) is 5.56 Å². The molecule has 0 aliphatic rings. The Balaban J connectivity index is 1.82. The van der Waals surface area contributed by atoms with E-state index in [0.29, 0.717) is 43.3 Å². The van der Waals surface area contributed by atoms with Gasteiger partial charge in [0, 0.05) is 24.5 Å². The molecule has 6 nitrogen and oxygen atoms in total. The number of amides is 1. The molecular weight excluding hydrogens is 424 g/mol. The number of nitrogens with one attached hydrogen (secondary N) is 1. The first-order valence-electron chi connectivity index (χ1n) is 10.1. The Morgan fingerprint density at radius 1 is 1.07 bits per heavy atom. The molecule has 0 heterocycles. The van der Waals surface area contributed by atoms with Crippen molar-refractivity contribution >= 4 is 27.5 Å². The predicted molar refractivity (Wildman–Crippen MR) is 119 cm³/mol. The highest BCUT2D eigenvalue weighted by Gasteiger charge is 2.21. The Morgan fingerprint density at radius 3 is 2.23 bits per heavy atom. The topological polar surface area (TPSA) is 75.7 Å². The average Bonchev–Trinajstić information content (AvgIpc) is 2.73. The van der Waals surface area contributed by atoms with Gasteiger partial charge in [0.25, 0.3) is 0 Å². The van der Waals surface area contributed by atoms with E-state index in [4.69, 9.17) is 16.3 Å². The third kappa shape index (κ3) is 6.72. The number of hydrogen-bond donors (Lipinski definition) is 1. The molecule has 30 heavy (non-hydrogen) atoms. The van der Waals surface area contributed by atoms with Crippen molar-refractivity contribution in [3.8, 4) is 5.75 Å². The van der Waals surface area contributed by atoms with Crippen LogP contribution in [0.5, 0.6) is 5.75 Å². The zero-order chi connectivity index (χ0) is 22.1. The fourth-order valence-electron chi connectivity index (χ4n) is 2.99. The van der Waals surface area contributed by atoms with Gasteiger partial charge < -0.3 is 10.1 Å². The molecule has 2 aromatic rings. The van der Waals surface area contributed by atoms with E-state index < -0.39 is 10.0 Å². The van der Waals surface area contributed by atoms with Gasteiger partial charge in [-0.15, -0.1) is 0 Å². The monoisotopic (exact) mass is 452 g/mol. The van der Waals surface area contributed by atoms with Crippen LogP contribution in [0.2, 0.25) is 5.02 Å². The van der Waals surface area contributed by atoms with Gasteiger partial charge in [0.15, 0.2) is 0 Å². The summed E-state index contributed by atoms with van der Waals surface area (Å²) in [6.07, 6.45) is 0.925. The van der Waals surface area contributed by atoms with E-state index in [2.05, 4.69) is 5.32 Å². The highest BCUT2D eigenvalue weighted by molar-refractivity contribution is 7.89. The molecule has 0 fully saturated rings. The normalized spacial score (nSPS) is 12.6. The highest BCUT2D eigenvalue weighted by Crippen LogP contribution is 2.20. The molecule has 1 atom stereocenters. The van der Waals surface area contributed by atoms with Crippen molar-refractivity contribution in [3.63, 3.8) is 0 Å². The summed E-state index contributed by atoms with van der Waals surface area (Å²) in [7, 11) is -3.48. The van der Waals surface area contributed by atoms with Gasteiger partial charge in [-0.05, 0) is 55.3 Å². The summed E-state index contributed by atoms with van der Waals surface area (Å²) in [6, 6.07) is 13.5. The third-order valence-corrected chi connectivity index (χ3v) is 7.05. The first-order chi connectivity index (χ1) is 14.3. The summed E-state index contributed by atoms with van der Waals surface area (Å²) in [5.74, 6) is 0.634. The molecule has 2 rings (SSSR count). The van der Waals surface area contributed by atoms with Crippen molar-refractivity contribution in [3.05, 3.63) is 59.1 Å². The lowest BCUT2D eigenvalue weighted by Gasteiger charge is -2.19. The largest absolute Gasteiger partial charge is 0.494 e. The number of ether oxygens (including phenoxy) is 1. The Kier molecular flexibility index (Phi) is 9.14. The van der Waals surface area contributed by atoms with Crippen molar-refractivity contribution in [1.82, 2.24) is 9.62 Å². The van der Waals surface area contributed by atoms with Gasteiger partial charge in [-0.2, -0.15) is 4.31 Å². The molecule has 2 aromatic carbocycles. The second-order valence-electron chi connectivity index (χ2n) is 6.85. The Morgan fingerprint density at radius 2 is 1.67 bits per heavy atom. The summed E-state index contributed by atoms with van der Waals surface area (Å²) in [6.45, 7) is 6.78. The number of nitrogens with zero attached hydrogens (tertiary/aromatic N) is 1. The summed E-state index contributed by atoms with van der Waals surface area (Å²) in [5.41, 5.74) is 0.847. The molecule has 8 heteroatoms. The molecular formula is C22H29ClN2O4S. The summed E-state index contributed by atoms with van der Waals surface area (Å²) >= 11 is 5.83. The molecule has 0 aliphatic carbocycles. The van der Waals surface area contributed by atoms with Crippen molar-refractivity contribution in [1.29, 1.82) is 0 Å². The van der Waals surface area contributed by atoms with E-state index in [1.165, 1.54) is 4.31 Å². The van der Waals surface area contributed by atoms with Gasteiger partial charge >= 0.3 is 0 Å². The van der Waals surface area contributed by atoms with Gasteiger partial charge in [0.1, 0.15) is 5.75 Å². The fourth-order valence-corrected chi connectivity index (χ4v) is 4.58. The maximum atomic E-state index is 12.6. The van der Waals surface area contributed by atoms with Crippen molar-refractivity contribution in [2.24, 2.45) is 0 Å². The van der Waals surface area contributed by atoms with Crippen LogP contribution < -0.4 is 10.1 Å². The minimum Gasteiger partial charge on any atom is -0.494 e. The molecule has 0 spiro atoms. The highest BCUT2D eigenvalue weighted by atomic mass is 35.5. The Hall–Kier alpha value is -2.09. The minimum absolute atomic E-state index is 0.0814. The minimum atomic E-state index is -3.48. The van der Waals surface area contributed by atoms with Crippen molar-refractivity contribution < 1.29 is 17.9 Å². The van der Waals surface area contributed by atoms with Crippen LogP contribution in [0.25, 0.3) is 0 Å². The summed E-state index contributed by atoms with van der Waals surface area (Å²) in [5, 5.41) is 3.58. The lowest BCUT2D eigenvalue weighted by Crippen LogP contribution is -2.30. The van der Waals surface area contributed by atoms with E-state index >= 15 is 0 Å². The number of hydrogen-bond acceptors (Lipinski definition) is 4. The average molecular weight is 453 g/mol. The second kappa shape index (κ2) is 11.3. The van der Waals surface area contributed by atoms with E-state index in [9.17, 15) is 13.2 Å². The van der Waals surface area contributed by atoms with Crippen LogP contribution in [0, 0.1) is 0 Å². The fraction of sp³-hybridized carbons (Fsp3) is 0.409. The van der Waals surface area contributed by atoms with Crippen LogP contribution in [0.3, 0.4) is 0 Å². The van der Waals surface area contributed by atoms with Gasteiger partial charge in [-0.25, -0.2) is 8.42 Å². The first-order valence-corrected chi connectivity index (χ1v) is 11.9. The standard InChI is InChI=1S/C22H29ClN2O4S/c1-4-25(5-2)30(27,28)21-14-8-18(9-15-21)17(3)24-22(26)7-6-16-29-20-12-10-19(23)11-13-20/h8-15,17H,4-7,16H2,1-3H3,(H,24,26). The summed E-state index contributed by atoms with van der Waals surface area (Å²) in [4.78, 5) is 12.4. The summed E-state index contributed by atoms with van der Waals surface area (Å²) < 4.78 is 32.1. The van der Waals surface area contributed by atoms with Crippen LogP contribution in [0.4, 0.5) is 0 Å². The number of carbonyl (C=O) groups excluding carboxylic acids is 1. The zero-order valence-corrected chi connectivity index (χ0v) is 19.2. The molecule has 0 saturated carbocycles. The molecule has 0 aliphatic heterocycles. The third-order valence-electron chi connectivity index (χ3n) is 4.73. The molecule has 1 unspecified atom stereocenters. The first kappa shape index (κ1) is 24.2. The molecule has 164 valence electrons. The van der Waals surface area contributed by atoms with Gasteiger partial charge in [-0.1, -0.05) is 37.6 Å². The predicted octanol–water partition coefficient (Wildman–Crippen LogP) is 4.41. The SMILES string of the molecule is CCN(CC)S(=O)(=O)c1ccc(C(C)NC(=O)CCCOc2ccc(Cl)cc2)cc1. The lowest BCUT2D eigenvalue weighted by molar-refractivity contribution is -0.121. The van der Waals surface area contributed by atoms with E-state index in [-0.39, 0.29) is 16.8 Å². The van der Waals surface area contributed by atoms with Gasteiger partial charge in [0.2, 0.25) is 15.9 Å². The number of sulfonamides is 1. The zero-order valence-electron chi connectivity index (χ0n) is 17.6. The number of benzene rings is 2. The number of carbonyl (C=O) groups is 1. The van der Waals surface area contributed by atoms with E-state index in [1.807, 2.05) is 20.8 Å². The Labute approximate surface area is 184 Å². The molecule has 0 radical (unpaired) electrons. The lowest BCUT2D eigenvalue weighted by atomic mass is 10.1. The molecule has 1 amide bonds. The number of rotatable bonds is 11. The van der Waals surface area contributed by atoms with Crippen LogP contribution in [0.15, 0.2) is 53.4 Å². The maximum absolute atomic E-state index is 12.6. The van der Waals surface area contributed by atoms with Crippen LogP contribution in [0.1, 0.15) is 45.2 Å². The van der Waals surface area contributed by atoms with Crippen molar-refractivity contribution in [2.45, 2.75) is 44.6 Å².